The summed E-state index contributed by atoms with van der Waals surface area (Å²) in [4.78, 5) is 4.73. The van der Waals surface area contributed by atoms with Crippen LogP contribution in [0.15, 0.2) is 60.7 Å². The fourth-order valence-electron chi connectivity index (χ4n) is 3.08. The van der Waals surface area contributed by atoms with Crippen LogP contribution in [0.25, 0.3) is 22.4 Å². The van der Waals surface area contributed by atoms with Gasteiger partial charge in [-0.15, -0.1) is 11.3 Å². The predicted octanol–water partition coefficient (Wildman–Crippen LogP) is 6.67. The van der Waals surface area contributed by atoms with Crippen molar-refractivity contribution in [1.29, 1.82) is 0 Å². The highest BCUT2D eigenvalue weighted by atomic mass is 32.1. The number of hydrogen-bond donors (Lipinski definition) is 0. The Balaban J connectivity index is 1.51. The van der Waals surface area contributed by atoms with Crippen LogP contribution < -0.4 is 9.47 Å². The number of fused-ring (bicyclic) bond motifs is 1. The lowest BCUT2D eigenvalue weighted by molar-refractivity contribution is 0.284. The van der Waals surface area contributed by atoms with Crippen molar-refractivity contribution in [3.05, 3.63) is 87.9 Å². The van der Waals surface area contributed by atoms with Crippen LogP contribution in [-0.2, 0) is 6.61 Å². The summed E-state index contributed by atoms with van der Waals surface area (Å²) in [7, 11) is 1.66. The van der Waals surface area contributed by atoms with E-state index in [0.29, 0.717) is 6.61 Å². The molecule has 0 atom stereocenters. The van der Waals surface area contributed by atoms with Crippen LogP contribution in [-0.4, -0.2) is 12.1 Å². The van der Waals surface area contributed by atoms with E-state index in [1.807, 2.05) is 48.5 Å². The Kier molecular flexibility index (Phi) is 5.63. The molecule has 0 unspecified atom stereocenters. The molecule has 4 rings (SSSR count). The second-order valence-electron chi connectivity index (χ2n) is 6.97. The zero-order valence-corrected chi connectivity index (χ0v) is 17.6. The number of aromatic nitrogens is 1. The Morgan fingerprint density at radius 2 is 1.69 bits per heavy atom. The van der Waals surface area contributed by atoms with E-state index in [-0.39, 0.29) is 0 Å². The summed E-state index contributed by atoms with van der Waals surface area (Å²) in [6, 6.07) is 20.4. The third kappa shape index (κ3) is 4.49. The molecule has 0 aliphatic carbocycles. The fraction of sp³-hybridized carbons (Fsp3) is 0.160. The zero-order chi connectivity index (χ0) is 20.2. The van der Waals surface area contributed by atoms with Crippen molar-refractivity contribution in [2.24, 2.45) is 0 Å². The molecule has 0 radical (unpaired) electrons. The third-order valence-corrected chi connectivity index (χ3v) is 5.85. The Labute approximate surface area is 175 Å². The van der Waals surface area contributed by atoms with Crippen molar-refractivity contribution in [2.45, 2.75) is 20.5 Å². The topological polar surface area (TPSA) is 31.4 Å². The van der Waals surface area contributed by atoms with Gasteiger partial charge in [0, 0.05) is 0 Å². The summed E-state index contributed by atoms with van der Waals surface area (Å²) >= 11 is 1.70. The molecule has 0 saturated carbocycles. The number of benzene rings is 3. The van der Waals surface area contributed by atoms with Gasteiger partial charge in [-0.25, -0.2) is 4.98 Å². The fourth-order valence-corrected chi connectivity index (χ4v) is 4.03. The molecule has 0 aliphatic rings. The number of nitrogens with zero attached hydrogens (tertiary/aromatic N) is 1. The molecule has 29 heavy (non-hydrogen) atoms. The molecule has 0 N–H and O–H groups in total. The molecule has 0 bridgehead atoms. The maximum absolute atomic E-state index is 5.93. The van der Waals surface area contributed by atoms with E-state index in [0.717, 1.165) is 33.2 Å². The number of methoxy groups -OCH3 is 1. The Bertz CT molecular complexity index is 1120. The lowest BCUT2D eigenvalue weighted by atomic mass is 10.1. The van der Waals surface area contributed by atoms with Crippen molar-refractivity contribution in [2.75, 3.05) is 7.11 Å². The van der Waals surface area contributed by atoms with Gasteiger partial charge in [-0.1, -0.05) is 42.5 Å². The van der Waals surface area contributed by atoms with E-state index >= 15 is 0 Å². The first-order valence-electron chi connectivity index (χ1n) is 9.53. The second kappa shape index (κ2) is 8.50. The molecule has 146 valence electrons. The molecule has 0 amide bonds. The minimum Gasteiger partial charge on any atom is -0.493 e. The van der Waals surface area contributed by atoms with Crippen LogP contribution in [0.4, 0.5) is 0 Å². The van der Waals surface area contributed by atoms with E-state index in [2.05, 4.69) is 38.1 Å². The third-order valence-electron chi connectivity index (χ3n) is 4.86. The average molecular weight is 402 g/mol. The first kappa shape index (κ1) is 19.2. The molecule has 0 saturated heterocycles. The van der Waals surface area contributed by atoms with E-state index in [1.165, 1.54) is 15.8 Å². The van der Waals surface area contributed by atoms with Crippen LogP contribution in [0.1, 0.15) is 27.3 Å². The summed E-state index contributed by atoms with van der Waals surface area (Å²) < 4.78 is 12.7. The first-order chi connectivity index (χ1) is 14.1. The maximum atomic E-state index is 5.93. The highest BCUT2D eigenvalue weighted by Gasteiger charge is 2.07. The van der Waals surface area contributed by atoms with Crippen molar-refractivity contribution in [3.8, 4) is 11.5 Å². The molecule has 4 aromatic rings. The van der Waals surface area contributed by atoms with E-state index < -0.39 is 0 Å². The van der Waals surface area contributed by atoms with Gasteiger partial charge in [0.25, 0.3) is 0 Å². The molecule has 0 fully saturated rings. The second-order valence-corrected chi connectivity index (χ2v) is 8.04. The molecule has 1 heterocycles. The normalized spacial score (nSPS) is 11.3. The number of thiazole rings is 1. The van der Waals surface area contributed by atoms with Crippen molar-refractivity contribution >= 4 is 33.7 Å². The van der Waals surface area contributed by atoms with Gasteiger partial charge in [0.2, 0.25) is 0 Å². The molecule has 3 nitrogen and oxygen atoms in total. The van der Waals surface area contributed by atoms with Gasteiger partial charge in [0.1, 0.15) is 11.6 Å². The van der Waals surface area contributed by atoms with Gasteiger partial charge in [0.05, 0.1) is 17.3 Å². The first-order valence-corrected chi connectivity index (χ1v) is 10.3. The quantitative estimate of drug-likeness (QED) is 0.361. The largest absolute Gasteiger partial charge is 0.493 e. The van der Waals surface area contributed by atoms with E-state index in [9.17, 15) is 0 Å². The molecule has 4 heteroatoms. The monoisotopic (exact) mass is 401 g/mol. The van der Waals surface area contributed by atoms with Crippen LogP contribution in [0.3, 0.4) is 0 Å². The smallest absolute Gasteiger partial charge is 0.161 e. The van der Waals surface area contributed by atoms with Crippen LogP contribution >= 0.6 is 11.3 Å². The Morgan fingerprint density at radius 3 is 2.48 bits per heavy atom. The lowest BCUT2D eigenvalue weighted by Crippen LogP contribution is -1.97. The summed E-state index contributed by atoms with van der Waals surface area (Å²) in [5.74, 6) is 1.46. The zero-order valence-electron chi connectivity index (χ0n) is 16.8. The number of ether oxygens (including phenoxy) is 2. The van der Waals surface area contributed by atoms with Gasteiger partial charge >= 0.3 is 0 Å². The number of hydrogen-bond acceptors (Lipinski definition) is 4. The van der Waals surface area contributed by atoms with Crippen molar-refractivity contribution in [3.63, 3.8) is 0 Å². The standard InChI is InChI=1S/C25H23NO2S/c1-17-13-21-24(14-18(17)2)29-25(26-21)12-10-19-9-11-22(23(15-19)27-3)28-16-20-7-5-4-6-8-20/h4-15H,16H2,1-3H3. The highest BCUT2D eigenvalue weighted by molar-refractivity contribution is 7.19. The molecule has 0 aliphatic heterocycles. The highest BCUT2D eigenvalue weighted by Crippen LogP contribution is 2.30. The minimum absolute atomic E-state index is 0.511. The summed E-state index contributed by atoms with van der Waals surface area (Å²) in [5.41, 5.74) is 5.79. The number of rotatable bonds is 6. The maximum Gasteiger partial charge on any atom is 0.161 e. The van der Waals surface area contributed by atoms with Gasteiger partial charge in [-0.2, -0.15) is 0 Å². The van der Waals surface area contributed by atoms with Crippen molar-refractivity contribution in [1.82, 2.24) is 4.98 Å². The molecular weight excluding hydrogens is 378 g/mol. The minimum atomic E-state index is 0.511. The molecule has 1 aromatic heterocycles. The Hall–Kier alpha value is -3.11. The van der Waals surface area contributed by atoms with Gasteiger partial charge < -0.3 is 9.47 Å². The molecular formula is C25H23NO2S. The summed E-state index contributed by atoms with van der Waals surface area (Å²) in [6.45, 7) is 4.77. The predicted molar refractivity (Wildman–Crippen MR) is 122 cm³/mol. The van der Waals surface area contributed by atoms with Crippen LogP contribution in [0, 0.1) is 13.8 Å². The summed E-state index contributed by atoms with van der Waals surface area (Å²) in [6.07, 6.45) is 4.11. The number of aryl methyl sites for hydroxylation is 2. The van der Waals surface area contributed by atoms with Gasteiger partial charge in [-0.3, -0.25) is 0 Å². The van der Waals surface area contributed by atoms with Crippen LogP contribution in [0.2, 0.25) is 0 Å². The van der Waals surface area contributed by atoms with Gasteiger partial charge in [0.15, 0.2) is 11.5 Å². The summed E-state index contributed by atoms with van der Waals surface area (Å²) in [5, 5.41) is 0.994. The molecule has 0 spiro atoms. The lowest BCUT2D eigenvalue weighted by Gasteiger charge is -2.11. The SMILES string of the molecule is COc1cc(C=Cc2nc3cc(C)c(C)cc3s2)ccc1OCc1ccccc1. The molecule has 3 aromatic carbocycles. The van der Waals surface area contributed by atoms with E-state index in [4.69, 9.17) is 14.5 Å². The Morgan fingerprint density at radius 1 is 0.897 bits per heavy atom. The van der Waals surface area contributed by atoms with Crippen LogP contribution in [0.5, 0.6) is 11.5 Å². The average Bonchev–Trinajstić information content (AvgIpc) is 3.13. The van der Waals surface area contributed by atoms with Gasteiger partial charge in [-0.05, 0) is 66.4 Å². The van der Waals surface area contributed by atoms with Crippen molar-refractivity contribution < 1.29 is 9.47 Å². The van der Waals surface area contributed by atoms with E-state index in [1.54, 1.807) is 18.4 Å².